The first-order valence-corrected chi connectivity index (χ1v) is 3.20. The summed E-state index contributed by atoms with van der Waals surface area (Å²) >= 11 is 0. The summed E-state index contributed by atoms with van der Waals surface area (Å²) < 4.78 is 16.5. The topological polar surface area (TPSA) is 55.4 Å². The maximum atomic E-state index is 11.7. The molecule has 0 aromatic carbocycles. The minimum absolute atomic E-state index is 0.0456. The molecule has 0 aliphatic carbocycles. The highest BCUT2D eigenvalue weighted by molar-refractivity contribution is 5.90. The van der Waals surface area contributed by atoms with Gasteiger partial charge in [-0.2, -0.15) is 0 Å². The Morgan fingerprint density at radius 1 is 1.82 bits per heavy atom. The summed E-state index contributed by atoms with van der Waals surface area (Å²) in [7, 11) is 0. The second-order valence-corrected chi connectivity index (χ2v) is 2.24. The highest BCUT2D eigenvalue weighted by Crippen LogP contribution is 1.95. The van der Waals surface area contributed by atoms with Crippen LogP contribution in [0, 0.1) is 0 Å². The largest absolute Gasteiger partial charge is 0.369 e. The number of ether oxygens (including phenoxy) is 1. The lowest BCUT2D eigenvalue weighted by Gasteiger charge is -2.20. The number of rotatable bonds is 2. The second-order valence-electron chi connectivity index (χ2n) is 2.24. The number of ketones is 1. The number of carbonyl (C=O) groups is 2. The molecular weight excluding hydrogens is 153 g/mol. The van der Waals surface area contributed by atoms with Crippen LogP contribution in [0.1, 0.15) is 0 Å². The third kappa shape index (κ3) is 1.98. The summed E-state index contributed by atoms with van der Waals surface area (Å²) in [5.41, 5.74) is 0. The number of morpholine rings is 1. The fraction of sp³-hybridized carbons (Fsp3) is 0.667. The number of Topliss-reactive ketones (excluding diaryl/α,β-unsaturated/α-hetero) is 1. The summed E-state index contributed by atoms with van der Waals surface area (Å²) in [6.45, 7) is -1.03. The number of hydrogen-bond acceptors (Lipinski definition) is 3. The Morgan fingerprint density at radius 3 is 3.09 bits per heavy atom. The zero-order valence-corrected chi connectivity index (χ0v) is 5.80. The van der Waals surface area contributed by atoms with Gasteiger partial charge in [-0.15, -0.1) is 0 Å². The molecule has 0 bridgehead atoms. The van der Waals surface area contributed by atoms with E-state index in [9.17, 15) is 14.0 Å². The summed E-state index contributed by atoms with van der Waals surface area (Å²) in [6, 6.07) is -0.791. The molecule has 5 heteroatoms. The first-order valence-electron chi connectivity index (χ1n) is 3.20. The molecule has 1 aliphatic heterocycles. The van der Waals surface area contributed by atoms with Gasteiger partial charge in [0.1, 0.15) is 19.3 Å². The van der Waals surface area contributed by atoms with Gasteiger partial charge in [0.25, 0.3) is 0 Å². The SMILES string of the molecule is O=C1COCC(C(=O)CF)N1. The van der Waals surface area contributed by atoms with Crippen LogP contribution in [0.25, 0.3) is 0 Å². The van der Waals surface area contributed by atoms with E-state index in [0.717, 1.165) is 0 Å². The summed E-state index contributed by atoms with van der Waals surface area (Å²) in [5.74, 6) is -1.01. The van der Waals surface area contributed by atoms with E-state index in [0.29, 0.717) is 0 Å². The highest BCUT2D eigenvalue weighted by Gasteiger charge is 2.24. The molecule has 0 radical (unpaired) electrons. The summed E-state index contributed by atoms with van der Waals surface area (Å²) in [5, 5.41) is 2.31. The standard InChI is InChI=1S/C6H8FNO3/c7-1-5(9)4-2-11-3-6(10)8-4/h4H,1-3H2,(H,8,10). The average molecular weight is 161 g/mol. The van der Waals surface area contributed by atoms with Gasteiger partial charge in [-0.25, -0.2) is 4.39 Å². The van der Waals surface area contributed by atoms with Gasteiger partial charge >= 0.3 is 0 Å². The van der Waals surface area contributed by atoms with Crippen molar-refractivity contribution in [3.05, 3.63) is 0 Å². The minimum atomic E-state index is -1.06. The van der Waals surface area contributed by atoms with Gasteiger partial charge in [0.15, 0.2) is 5.78 Å². The van der Waals surface area contributed by atoms with Crippen molar-refractivity contribution in [1.29, 1.82) is 0 Å². The van der Waals surface area contributed by atoms with Crippen molar-refractivity contribution in [1.82, 2.24) is 5.32 Å². The van der Waals surface area contributed by atoms with E-state index in [4.69, 9.17) is 4.74 Å². The van der Waals surface area contributed by atoms with E-state index in [1.54, 1.807) is 0 Å². The molecule has 1 N–H and O–H groups in total. The molecule has 1 amide bonds. The average Bonchev–Trinajstić information content (AvgIpc) is 2.03. The number of nitrogens with one attached hydrogen (secondary N) is 1. The third-order valence-electron chi connectivity index (χ3n) is 1.37. The predicted molar refractivity (Wildman–Crippen MR) is 33.7 cm³/mol. The zero-order chi connectivity index (χ0) is 8.27. The normalized spacial score (nSPS) is 24.5. The number of alkyl halides is 1. The molecule has 0 aromatic rings. The van der Waals surface area contributed by atoms with Gasteiger partial charge in [0.2, 0.25) is 5.91 Å². The van der Waals surface area contributed by atoms with Crippen LogP contribution in [0.4, 0.5) is 4.39 Å². The van der Waals surface area contributed by atoms with Crippen LogP contribution >= 0.6 is 0 Å². The molecule has 1 saturated heterocycles. The summed E-state index contributed by atoms with van der Waals surface area (Å²) in [6.07, 6.45) is 0. The molecule has 1 heterocycles. The Hall–Kier alpha value is -0.970. The van der Waals surface area contributed by atoms with Gasteiger partial charge in [0, 0.05) is 0 Å². The maximum absolute atomic E-state index is 11.7. The lowest BCUT2D eigenvalue weighted by molar-refractivity contribution is -0.138. The van der Waals surface area contributed by atoms with Crippen LogP contribution in [-0.4, -0.2) is 37.6 Å². The Balaban J connectivity index is 2.45. The van der Waals surface area contributed by atoms with Crippen LogP contribution in [0.3, 0.4) is 0 Å². The van der Waals surface area contributed by atoms with E-state index < -0.39 is 18.5 Å². The predicted octanol–water partition coefficient (Wildman–Crippen LogP) is -0.960. The first-order chi connectivity index (χ1) is 5.24. The lowest BCUT2D eigenvalue weighted by atomic mass is 10.2. The Bertz CT molecular complexity index is 183. The van der Waals surface area contributed by atoms with Crippen molar-refractivity contribution in [2.75, 3.05) is 19.9 Å². The number of amides is 1. The number of carbonyl (C=O) groups excluding carboxylic acids is 2. The molecule has 0 aromatic heterocycles. The fourth-order valence-electron chi connectivity index (χ4n) is 0.814. The van der Waals surface area contributed by atoms with Crippen molar-refractivity contribution >= 4 is 11.7 Å². The van der Waals surface area contributed by atoms with Gasteiger partial charge in [0.05, 0.1) is 6.61 Å². The molecule has 1 fully saturated rings. The van der Waals surface area contributed by atoms with E-state index in [2.05, 4.69) is 5.32 Å². The van der Waals surface area contributed by atoms with E-state index >= 15 is 0 Å². The molecule has 4 nitrogen and oxygen atoms in total. The maximum Gasteiger partial charge on any atom is 0.246 e. The van der Waals surface area contributed by atoms with Crippen molar-refractivity contribution in [3.8, 4) is 0 Å². The van der Waals surface area contributed by atoms with Crippen molar-refractivity contribution in [2.24, 2.45) is 0 Å². The zero-order valence-electron chi connectivity index (χ0n) is 5.80. The van der Waals surface area contributed by atoms with Gasteiger partial charge in [-0.05, 0) is 0 Å². The van der Waals surface area contributed by atoms with Crippen LogP contribution in [0.15, 0.2) is 0 Å². The highest BCUT2D eigenvalue weighted by atomic mass is 19.1. The monoisotopic (exact) mass is 161 g/mol. The van der Waals surface area contributed by atoms with Gasteiger partial charge in [-0.1, -0.05) is 0 Å². The van der Waals surface area contributed by atoms with E-state index in [1.807, 2.05) is 0 Å². The lowest BCUT2D eigenvalue weighted by Crippen LogP contribution is -2.50. The smallest absolute Gasteiger partial charge is 0.246 e. The molecule has 1 atom stereocenters. The van der Waals surface area contributed by atoms with Crippen molar-refractivity contribution in [3.63, 3.8) is 0 Å². The molecule has 1 unspecified atom stereocenters. The van der Waals surface area contributed by atoms with Crippen LogP contribution in [0.2, 0.25) is 0 Å². The molecule has 11 heavy (non-hydrogen) atoms. The van der Waals surface area contributed by atoms with E-state index in [-0.39, 0.29) is 19.1 Å². The minimum Gasteiger partial charge on any atom is -0.369 e. The Morgan fingerprint density at radius 2 is 2.55 bits per heavy atom. The number of hydrogen-bond donors (Lipinski definition) is 1. The summed E-state index contributed by atoms with van der Waals surface area (Å²) in [4.78, 5) is 21.2. The molecule has 1 aliphatic rings. The molecule has 62 valence electrons. The molecule has 1 rings (SSSR count). The van der Waals surface area contributed by atoms with Crippen LogP contribution < -0.4 is 5.32 Å². The first kappa shape index (κ1) is 8.13. The molecular formula is C6H8FNO3. The van der Waals surface area contributed by atoms with Crippen molar-refractivity contribution in [2.45, 2.75) is 6.04 Å². The van der Waals surface area contributed by atoms with Crippen LogP contribution in [0.5, 0.6) is 0 Å². The van der Waals surface area contributed by atoms with E-state index in [1.165, 1.54) is 0 Å². The number of halogens is 1. The fourth-order valence-corrected chi connectivity index (χ4v) is 0.814. The molecule has 0 saturated carbocycles. The molecule has 0 spiro atoms. The Kier molecular flexibility index (Phi) is 2.53. The second kappa shape index (κ2) is 3.43. The third-order valence-corrected chi connectivity index (χ3v) is 1.37. The van der Waals surface area contributed by atoms with Crippen LogP contribution in [-0.2, 0) is 14.3 Å². The van der Waals surface area contributed by atoms with Crippen molar-refractivity contribution < 1.29 is 18.7 Å². The quantitative estimate of drug-likeness (QED) is 0.567. The Labute approximate surface area is 62.7 Å². The van der Waals surface area contributed by atoms with Gasteiger partial charge in [-0.3, -0.25) is 9.59 Å². The van der Waals surface area contributed by atoms with Gasteiger partial charge < -0.3 is 10.1 Å².